The van der Waals surface area contributed by atoms with Crippen LogP contribution in [0.3, 0.4) is 0 Å². The normalized spacial score (nSPS) is 10.8. The first-order valence-corrected chi connectivity index (χ1v) is 8.49. The van der Waals surface area contributed by atoms with Gasteiger partial charge in [-0.25, -0.2) is 0 Å². The van der Waals surface area contributed by atoms with Gasteiger partial charge in [0.15, 0.2) is 5.82 Å². The van der Waals surface area contributed by atoms with Gasteiger partial charge in [0.2, 0.25) is 5.78 Å². The van der Waals surface area contributed by atoms with E-state index >= 15 is 0 Å². The molecule has 4 aromatic rings. The summed E-state index contributed by atoms with van der Waals surface area (Å²) in [5.41, 5.74) is -0.374. The number of aromatic nitrogens is 4. The number of nitrogens with one attached hydrogen (secondary N) is 2. The van der Waals surface area contributed by atoms with Crippen molar-refractivity contribution in [2.75, 3.05) is 5.32 Å². The standard InChI is InChI=1S/C16H10N6O4S/c23-13-8-12(17-15(24)9-3-5-10(6-4-9)22(25)26)21-16(18-13)19-14(20-21)11-2-1-7-27-11/h1-8H,(H,17,24)(H,18,19,20,23). The molecule has 0 saturated heterocycles. The average Bonchev–Trinajstić information content (AvgIpc) is 3.31. The number of nitro benzene ring substituents is 1. The molecule has 0 unspecified atom stereocenters. The molecule has 0 aliphatic carbocycles. The molecule has 0 aliphatic rings. The van der Waals surface area contributed by atoms with Crippen molar-refractivity contribution in [3.63, 3.8) is 0 Å². The van der Waals surface area contributed by atoms with Gasteiger partial charge in [-0.15, -0.1) is 16.4 Å². The van der Waals surface area contributed by atoms with E-state index in [-0.39, 0.29) is 22.8 Å². The van der Waals surface area contributed by atoms with Crippen molar-refractivity contribution in [2.24, 2.45) is 0 Å². The molecule has 0 atom stereocenters. The van der Waals surface area contributed by atoms with E-state index in [0.717, 1.165) is 4.88 Å². The average molecular weight is 382 g/mol. The number of fused-ring (bicyclic) bond motifs is 1. The number of nitrogens with zero attached hydrogens (tertiary/aromatic N) is 4. The van der Waals surface area contributed by atoms with Gasteiger partial charge in [0, 0.05) is 23.8 Å². The summed E-state index contributed by atoms with van der Waals surface area (Å²) in [7, 11) is 0. The van der Waals surface area contributed by atoms with Gasteiger partial charge in [-0.3, -0.25) is 24.7 Å². The maximum atomic E-state index is 12.4. The van der Waals surface area contributed by atoms with Crippen molar-refractivity contribution in [1.29, 1.82) is 0 Å². The third-order valence-corrected chi connectivity index (χ3v) is 4.53. The molecule has 1 amide bonds. The minimum Gasteiger partial charge on any atom is -0.306 e. The molecule has 1 aromatic carbocycles. The summed E-state index contributed by atoms with van der Waals surface area (Å²) in [6.45, 7) is 0. The second-order valence-electron chi connectivity index (χ2n) is 5.43. The highest BCUT2D eigenvalue weighted by molar-refractivity contribution is 7.13. The van der Waals surface area contributed by atoms with E-state index in [0.29, 0.717) is 5.82 Å². The van der Waals surface area contributed by atoms with Gasteiger partial charge < -0.3 is 5.32 Å². The first-order chi connectivity index (χ1) is 13.0. The zero-order valence-electron chi connectivity index (χ0n) is 13.4. The van der Waals surface area contributed by atoms with Crippen molar-refractivity contribution < 1.29 is 9.72 Å². The second kappa shape index (κ2) is 6.46. The van der Waals surface area contributed by atoms with Gasteiger partial charge in [-0.1, -0.05) is 6.07 Å². The summed E-state index contributed by atoms with van der Waals surface area (Å²) in [5, 5.41) is 19.5. The van der Waals surface area contributed by atoms with Crippen LogP contribution in [0.4, 0.5) is 11.5 Å². The molecule has 0 aliphatic heterocycles. The summed E-state index contributed by atoms with van der Waals surface area (Å²) in [6, 6.07) is 9.99. The fourth-order valence-electron chi connectivity index (χ4n) is 2.41. The number of hydrogen-bond acceptors (Lipinski definition) is 7. The van der Waals surface area contributed by atoms with E-state index in [1.807, 2.05) is 17.5 Å². The van der Waals surface area contributed by atoms with Crippen molar-refractivity contribution in [3.8, 4) is 10.7 Å². The summed E-state index contributed by atoms with van der Waals surface area (Å²) in [5.74, 6) is 0.194. The number of H-pyrrole nitrogens is 1. The van der Waals surface area contributed by atoms with Gasteiger partial charge in [-0.2, -0.15) is 9.50 Å². The molecule has 27 heavy (non-hydrogen) atoms. The Labute approximate surface area is 154 Å². The minimum absolute atomic E-state index is 0.123. The van der Waals surface area contributed by atoms with Crippen LogP contribution in [-0.4, -0.2) is 30.4 Å². The van der Waals surface area contributed by atoms with Crippen LogP contribution >= 0.6 is 11.3 Å². The maximum Gasteiger partial charge on any atom is 0.269 e. The van der Waals surface area contributed by atoms with Crippen molar-refractivity contribution in [2.45, 2.75) is 0 Å². The van der Waals surface area contributed by atoms with Crippen LogP contribution in [0.15, 0.2) is 52.6 Å². The number of carbonyl (C=O) groups is 1. The predicted molar refractivity (Wildman–Crippen MR) is 98.0 cm³/mol. The number of rotatable bonds is 4. The molecule has 3 aromatic heterocycles. The molecule has 10 nitrogen and oxygen atoms in total. The highest BCUT2D eigenvalue weighted by atomic mass is 32.1. The molecular formula is C16H10N6O4S. The Balaban J connectivity index is 1.69. The van der Waals surface area contributed by atoms with Gasteiger partial charge in [0.1, 0.15) is 5.82 Å². The lowest BCUT2D eigenvalue weighted by molar-refractivity contribution is -0.384. The van der Waals surface area contributed by atoms with Crippen LogP contribution in [-0.2, 0) is 0 Å². The molecule has 4 rings (SSSR count). The Morgan fingerprint density at radius 2 is 2.04 bits per heavy atom. The van der Waals surface area contributed by atoms with Crippen LogP contribution in [0.5, 0.6) is 0 Å². The predicted octanol–water partition coefficient (Wildman–Crippen LogP) is 2.31. The van der Waals surface area contributed by atoms with Crippen molar-refractivity contribution in [1.82, 2.24) is 19.6 Å². The molecule has 2 N–H and O–H groups in total. The summed E-state index contributed by atoms with van der Waals surface area (Å²) < 4.78 is 1.32. The van der Waals surface area contributed by atoms with Crippen molar-refractivity contribution >= 4 is 34.5 Å². The molecular weight excluding hydrogens is 372 g/mol. The number of thiophene rings is 1. The first-order valence-electron chi connectivity index (χ1n) is 7.61. The van der Waals surface area contributed by atoms with E-state index in [4.69, 9.17) is 0 Å². The largest absolute Gasteiger partial charge is 0.306 e. The second-order valence-corrected chi connectivity index (χ2v) is 6.37. The zero-order valence-corrected chi connectivity index (χ0v) is 14.3. The minimum atomic E-state index is -0.552. The Kier molecular flexibility index (Phi) is 3.97. The van der Waals surface area contributed by atoms with E-state index in [1.54, 1.807) is 0 Å². The van der Waals surface area contributed by atoms with Gasteiger partial charge >= 0.3 is 0 Å². The number of carbonyl (C=O) groups excluding carboxylic acids is 1. The quantitative estimate of drug-likeness (QED) is 0.411. The summed E-state index contributed by atoms with van der Waals surface area (Å²) >= 11 is 1.44. The van der Waals surface area contributed by atoms with Crippen LogP contribution in [0.2, 0.25) is 0 Å². The van der Waals surface area contributed by atoms with Crippen LogP contribution in [0, 0.1) is 10.1 Å². The Morgan fingerprint density at radius 3 is 2.70 bits per heavy atom. The summed E-state index contributed by atoms with van der Waals surface area (Å²) in [6.07, 6.45) is 0. The topological polar surface area (TPSA) is 135 Å². The van der Waals surface area contributed by atoms with Crippen LogP contribution < -0.4 is 10.9 Å². The summed E-state index contributed by atoms with van der Waals surface area (Å²) in [4.78, 5) is 42.1. The lowest BCUT2D eigenvalue weighted by atomic mass is 10.2. The number of hydrogen-bond donors (Lipinski definition) is 2. The Bertz CT molecular complexity index is 1210. The zero-order chi connectivity index (χ0) is 19.0. The molecule has 0 fully saturated rings. The smallest absolute Gasteiger partial charge is 0.269 e. The third kappa shape index (κ3) is 3.18. The van der Waals surface area contributed by atoms with E-state index in [9.17, 15) is 19.7 Å². The molecule has 0 saturated carbocycles. The molecule has 0 bridgehead atoms. The molecule has 11 heteroatoms. The lowest BCUT2D eigenvalue weighted by Gasteiger charge is -2.06. The number of amides is 1. The first kappa shape index (κ1) is 16.6. The van der Waals surface area contributed by atoms with E-state index < -0.39 is 16.4 Å². The third-order valence-electron chi connectivity index (χ3n) is 3.66. The van der Waals surface area contributed by atoms with Gasteiger partial charge in [0.05, 0.1) is 9.80 Å². The maximum absolute atomic E-state index is 12.4. The van der Waals surface area contributed by atoms with E-state index in [2.05, 4.69) is 20.4 Å². The van der Waals surface area contributed by atoms with Gasteiger partial charge in [0.25, 0.3) is 17.2 Å². The lowest BCUT2D eigenvalue weighted by Crippen LogP contribution is -2.18. The van der Waals surface area contributed by atoms with Crippen LogP contribution in [0.1, 0.15) is 10.4 Å². The van der Waals surface area contributed by atoms with E-state index in [1.165, 1.54) is 46.2 Å². The fourth-order valence-corrected chi connectivity index (χ4v) is 3.07. The van der Waals surface area contributed by atoms with Gasteiger partial charge in [-0.05, 0) is 23.6 Å². The van der Waals surface area contributed by atoms with Crippen molar-refractivity contribution in [3.05, 3.63) is 73.9 Å². The number of non-ortho nitro benzene ring substituents is 1. The number of nitro groups is 1. The van der Waals surface area contributed by atoms with Crippen LogP contribution in [0.25, 0.3) is 16.5 Å². The highest BCUT2D eigenvalue weighted by Crippen LogP contribution is 2.22. The Morgan fingerprint density at radius 1 is 1.26 bits per heavy atom. The Hall–Kier alpha value is -3.86. The molecule has 3 heterocycles. The fraction of sp³-hybridized carbons (Fsp3) is 0. The molecule has 134 valence electrons. The number of benzene rings is 1. The number of aromatic amines is 1. The monoisotopic (exact) mass is 382 g/mol. The highest BCUT2D eigenvalue weighted by Gasteiger charge is 2.15. The molecule has 0 spiro atoms. The number of anilines is 1. The SMILES string of the molecule is O=C(Nc1cc(=O)[nH]c2nc(-c3cccs3)nn12)c1ccc([N+](=O)[O-])cc1. The molecule has 0 radical (unpaired) electrons.